The molecule has 1 aromatic rings. The van der Waals surface area contributed by atoms with E-state index in [1.807, 2.05) is 7.05 Å². The monoisotopic (exact) mass is 185 g/mol. The van der Waals surface area contributed by atoms with Gasteiger partial charge in [0, 0.05) is 6.54 Å². The van der Waals surface area contributed by atoms with Crippen molar-refractivity contribution >= 4 is 11.3 Å². The lowest BCUT2D eigenvalue weighted by molar-refractivity contribution is 0.165. The van der Waals surface area contributed by atoms with Crippen molar-refractivity contribution < 1.29 is 5.11 Å². The number of likely N-dealkylation sites (N-methyl/N-ethyl adjacent to an activating group) is 1. The molecule has 1 aromatic heterocycles. The summed E-state index contributed by atoms with van der Waals surface area (Å²) < 4.78 is 0. The predicted octanol–water partition coefficient (Wildman–Crippen LogP) is 1.26. The molecule has 2 nitrogen and oxygen atoms in total. The van der Waals surface area contributed by atoms with E-state index in [-0.39, 0.29) is 6.10 Å². The Morgan fingerprint density at radius 3 is 3.08 bits per heavy atom. The van der Waals surface area contributed by atoms with Gasteiger partial charge in [-0.05, 0) is 42.3 Å². The lowest BCUT2D eigenvalue weighted by Gasteiger charge is -2.07. The second-order valence-corrected chi connectivity index (χ2v) is 3.66. The molecular formula is C9H15NOS. The average Bonchev–Trinajstić information content (AvgIpc) is 2.53. The van der Waals surface area contributed by atoms with E-state index < -0.39 is 0 Å². The highest BCUT2D eigenvalue weighted by atomic mass is 32.1. The van der Waals surface area contributed by atoms with Crippen LogP contribution in [-0.2, 0) is 6.42 Å². The second-order valence-electron chi connectivity index (χ2n) is 2.88. The molecule has 3 heteroatoms. The zero-order chi connectivity index (χ0) is 8.81. The van der Waals surface area contributed by atoms with Crippen LogP contribution >= 0.6 is 11.3 Å². The first-order chi connectivity index (χ1) is 5.83. The number of nitrogens with one attached hydrogen (secondary N) is 1. The van der Waals surface area contributed by atoms with Gasteiger partial charge in [-0.3, -0.25) is 0 Å². The maximum absolute atomic E-state index is 9.39. The van der Waals surface area contributed by atoms with Gasteiger partial charge in [-0.25, -0.2) is 0 Å². The molecule has 0 spiro atoms. The molecule has 0 aliphatic heterocycles. The van der Waals surface area contributed by atoms with Crippen molar-refractivity contribution in [1.82, 2.24) is 5.32 Å². The molecule has 1 unspecified atom stereocenters. The predicted molar refractivity (Wildman–Crippen MR) is 52.6 cm³/mol. The first-order valence-electron chi connectivity index (χ1n) is 4.16. The van der Waals surface area contributed by atoms with Crippen LogP contribution in [-0.4, -0.2) is 24.8 Å². The Hall–Kier alpha value is -0.380. The molecule has 68 valence electrons. The van der Waals surface area contributed by atoms with Crippen molar-refractivity contribution in [1.29, 1.82) is 0 Å². The molecule has 0 radical (unpaired) electrons. The number of aryl methyl sites for hydroxylation is 1. The van der Waals surface area contributed by atoms with Crippen LogP contribution in [0.5, 0.6) is 0 Å². The summed E-state index contributed by atoms with van der Waals surface area (Å²) in [5.41, 5.74) is 1.33. The standard InChI is InChI=1S/C9H15NOS/c1-10-6-9(11)3-2-8-4-5-12-7-8/h4-5,7,9-11H,2-3,6H2,1H3. The third-order valence-electron chi connectivity index (χ3n) is 1.79. The molecule has 0 fully saturated rings. The van der Waals surface area contributed by atoms with Gasteiger partial charge in [-0.2, -0.15) is 11.3 Å². The summed E-state index contributed by atoms with van der Waals surface area (Å²) in [6.45, 7) is 0.685. The summed E-state index contributed by atoms with van der Waals surface area (Å²) in [5.74, 6) is 0. The largest absolute Gasteiger partial charge is 0.392 e. The third kappa shape index (κ3) is 3.34. The molecule has 2 N–H and O–H groups in total. The molecule has 1 atom stereocenters. The average molecular weight is 185 g/mol. The van der Waals surface area contributed by atoms with Gasteiger partial charge in [0.05, 0.1) is 6.10 Å². The maximum Gasteiger partial charge on any atom is 0.0667 e. The molecule has 12 heavy (non-hydrogen) atoms. The minimum absolute atomic E-state index is 0.213. The molecule has 0 saturated carbocycles. The third-order valence-corrected chi connectivity index (χ3v) is 2.52. The van der Waals surface area contributed by atoms with Crippen LogP contribution in [0, 0.1) is 0 Å². The smallest absolute Gasteiger partial charge is 0.0667 e. The van der Waals surface area contributed by atoms with Crippen molar-refractivity contribution in [2.24, 2.45) is 0 Å². The van der Waals surface area contributed by atoms with E-state index in [1.165, 1.54) is 5.56 Å². The Balaban J connectivity index is 2.17. The summed E-state index contributed by atoms with van der Waals surface area (Å²) in [4.78, 5) is 0. The van der Waals surface area contributed by atoms with E-state index in [4.69, 9.17) is 0 Å². The number of hydrogen-bond donors (Lipinski definition) is 2. The zero-order valence-electron chi connectivity index (χ0n) is 7.29. The number of rotatable bonds is 5. The molecule has 0 saturated heterocycles. The lowest BCUT2D eigenvalue weighted by Crippen LogP contribution is -2.23. The van der Waals surface area contributed by atoms with Crippen molar-refractivity contribution in [2.75, 3.05) is 13.6 Å². The van der Waals surface area contributed by atoms with E-state index in [0.29, 0.717) is 6.54 Å². The fourth-order valence-corrected chi connectivity index (χ4v) is 1.81. The van der Waals surface area contributed by atoms with Gasteiger partial charge in [0.1, 0.15) is 0 Å². The van der Waals surface area contributed by atoms with Crippen LogP contribution in [0.4, 0.5) is 0 Å². The van der Waals surface area contributed by atoms with Gasteiger partial charge in [-0.15, -0.1) is 0 Å². The minimum atomic E-state index is -0.213. The second kappa shape index (κ2) is 5.30. The van der Waals surface area contributed by atoms with Crippen LogP contribution in [0.1, 0.15) is 12.0 Å². The van der Waals surface area contributed by atoms with E-state index in [1.54, 1.807) is 11.3 Å². The summed E-state index contributed by atoms with van der Waals surface area (Å²) in [7, 11) is 1.85. The van der Waals surface area contributed by atoms with Crippen LogP contribution < -0.4 is 5.32 Å². The van der Waals surface area contributed by atoms with Crippen LogP contribution in [0.15, 0.2) is 16.8 Å². The minimum Gasteiger partial charge on any atom is -0.392 e. The Bertz CT molecular complexity index is 198. The molecule has 0 aliphatic rings. The van der Waals surface area contributed by atoms with Crippen LogP contribution in [0.3, 0.4) is 0 Å². The van der Waals surface area contributed by atoms with Crippen molar-refractivity contribution in [3.8, 4) is 0 Å². The van der Waals surface area contributed by atoms with E-state index in [0.717, 1.165) is 12.8 Å². The number of hydrogen-bond acceptors (Lipinski definition) is 3. The Morgan fingerprint density at radius 1 is 1.67 bits per heavy atom. The first kappa shape index (κ1) is 9.71. The highest BCUT2D eigenvalue weighted by Gasteiger charge is 2.02. The van der Waals surface area contributed by atoms with Crippen LogP contribution in [0.25, 0.3) is 0 Å². The number of aliphatic hydroxyl groups excluding tert-OH is 1. The summed E-state index contributed by atoms with van der Waals surface area (Å²) in [6.07, 6.45) is 1.61. The Labute approximate surface area is 77.2 Å². The summed E-state index contributed by atoms with van der Waals surface area (Å²) in [5, 5.41) is 16.5. The maximum atomic E-state index is 9.39. The van der Waals surface area contributed by atoms with Crippen molar-refractivity contribution in [2.45, 2.75) is 18.9 Å². The molecule has 0 aromatic carbocycles. The van der Waals surface area contributed by atoms with Gasteiger partial charge >= 0.3 is 0 Å². The normalized spacial score (nSPS) is 13.2. The molecular weight excluding hydrogens is 170 g/mol. The van der Waals surface area contributed by atoms with E-state index >= 15 is 0 Å². The SMILES string of the molecule is CNCC(O)CCc1ccsc1. The van der Waals surface area contributed by atoms with Gasteiger partial charge in [-0.1, -0.05) is 0 Å². The molecule has 1 heterocycles. The summed E-state index contributed by atoms with van der Waals surface area (Å²) in [6, 6.07) is 2.11. The Kier molecular flexibility index (Phi) is 4.29. The zero-order valence-corrected chi connectivity index (χ0v) is 8.10. The lowest BCUT2D eigenvalue weighted by atomic mass is 10.1. The Morgan fingerprint density at radius 2 is 2.50 bits per heavy atom. The van der Waals surface area contributed by atoms with Crippen LogP contribution in [0.2, 0.25) is 0 Å². The van der Waals surface area contributed by atoms with Crippen molar-refractivity contribution in [3.05, 3.63) is 22.4 Å². The molecule has 0 amide bonds. The van der Waals surface area contributed by atoms with E-state index in [2.05, 4.69) is 22.1 Å². The topological polar surface area (TPSA) is 32.3 Å². The quantitative estimate of drug-likeness (QED) is 0.724. The highest BCUT2D eigenvalue weighted by Crippen LogP contribution is 2.09. The van der Waals surface area contributed by atoms with Gasteiger partial charge in [0.2, 0.25) is 0 Å². The number of thiophene rings is 1. The summed E-state index contributed by atoms with van der Waals surface area (Å²) >= 11 is 1.71. The molecule has 0 bridgehead atoms. The first-order valence-corrected chi connectivity index (χ1v) is 5.11. The van der Waals surface area contributed by atoms with Crippen molar-refractivity contribution in [3.63, 3.8) is 0 Å². The highest BCUT2D eigenvalue weighted by molar-refractivity contribution is 7.07. The number of aliphatic hydroxyl groups is 1. The molecule has 1 rings (SSSR count). The fraction of sp³-hybridized carbons (Fsp3) is 0.556. The van der Waals surface area contributed by atoms with Gasteiger partial charge in [0.15, 0.2) is 0 Å². The van der Waals surface area contributed by atoms with E-state index in [9.17, 15) is 5.11 Å². The molecule has 0 aliphatic carbocycles. The van der Waals surface area contributed by atoms with Gasteiger partial charge < -0.3 is 10.4 Å². The van der Waals surface area contributed by atoms with Gasteiger partial charge in [0.25, 0.3) is 0 Å². The fourth-order valence-electron chi connectivity index (χ4n) is 1.11.